The molecule has 0 aliphatic carbocycles. The van der Waals surface area contributed by atoms with Crippen LogP contribution in [0.5, 0.6) is 0 Å². The molecule has 7 heteroatoms. The minimum absolute atomic E-state index is 0.0863. The first kappa shape index (κ1) is 17.9. The summed E-state index contributed by atoms with van der Waals surface area (Å²) in [5, 5.41) is 14.4. The number of pyridine rings is 1. The lowest BCUT2D eigenvalue weighted by atomic mass is 10.2. The van der Waals surface area contributed by atoms with E-state index in [9.17, 15) is 9.59 Å². The van der Waals surface area contributed by atoms with Crippen molar-refractivity contribution in [2.45, 2.75) is 0 Å². The number of carbonyl (C=O) groups is 2. The number of nitriles is 1. The topological polar surface area (TPSA) is 99.3 Å². The Labute approximate surface area is 166 Å². The third-order valence-electron chi connectivity index (χ3n) is 4.27. The zero-order valence-electron chi connectivity index (χ0n) is 15.2. The molecule has 0 unspecified atom stereocenters. The first-order valence-electron chi connectivity index (χ1n) is 8.81. The fourth-order valence-corrected chi connectivity index (χ4v) is 2.89. The lowest BCUT2D eigenvalue weighted by Crippen LogP contribution is -2.16. The highest BCUT2D eigenvalue weighted by Crippen LogP contribution is 2.17. The molecule has 0 aliphatic heterocycles. The smallest absolute Gasteiger partial charge is 0.292 e. The Morgan fingerprint density at radius 3 is 2.21 bits per heavy atom. The average molecular weight is 381 g/mol. The van der Waals surface area contributed by atoms with Gasteiger partial charge < -0.3 is 10.6 Å². The van der Waals surface area contributed by atoms with Crippen molar-refractivity contribution in [1.29, 1.82) is 5.26 Å². The van der Waals surface area contributed by atoms with Gasteiger partial charge in [-0.05, 0) is 48.5 Å². The van der Waals surface area contributed by atoms with E-state index in [1.165, 1.54) is 0 Å². The number of para-hydroxylation sites is 1. The molecule has 140 valence electrons. The maximum Gasteiger partial charge on any atom is 0.292 e. The van der Waals surface area contributed by atoms with Gasteiger partial charge in [0.1, 0.15) is 0 Å². The van der Waals surface area contributed by atoms with Crippen molar-refractivity contribution in [2.24, 2.45) is 0 Å². The molecule has 0 bridgehead atoms. The van der Waals surface area contributed by atoms with E-state index >= 15 is 0 Å². The summed E-state index contributed by atoms with van der Waals surface area (Å²) in [7, 11) is 0. The molecule has 7 nitrogen and oxygen atoms in total. The lowest BCUT2D eigenvalue weighted by Gasteiger charge is -2.04. The summed E-state index contributed by atoms with van der Waals surface area (Å²) in [5.41, 5.74) is 2.33. The van der Waals surface area contributed by atoms with E-state index in [0.29, 0.717) is 22.5 Å². The molecule has 0 saturated carbocycles. The van der Waals surface area contributed by atoms with Crippen molar-refractivity contribution in [3.8, 4) is 6.07 Å². The lowest BCUT2D eigenvalue weighted by molar-refractivity contribution is 0.101. The van der Waals surface area contributed by atoms with Crippen LogP contribution in [0.1, 0.15) is 26.7 Å². The molecule has 0 radical (unpaired) electrons. The molecule has 2 N–H and O–H groups in total. The third-order valence-corrected chi connectivity index (χ3v) is 4.27. The summed E-state index contributed by atoms with van der Waals surface area (Å²) in [6.07, 6.45) is 1.68. The van der Waals surface area contributed by atoms with Gasteiger partial charge in [-0.1, -0.05) is 24.3 Å². The van der Waals surface area contributed by atoms with Crippen LogP contribution in [0.15, 0.2) is 79.0 Å². The number of imidazole rings is 1. The summed E-state index contributed by atoms with van der Waals surface area (Å²) in [6.45, 7) is 0. The average Bonchev–Trinajstić information content (AvgIpc) is 3.15. The third kappa shape index (κ3) is 3.68. The van der Waals surface area contributed by atoms with Gasteiger partial charge in [0.2, 0.25) is 5.82 Å². The van der Waals surface area contributed by atoms with E-state index in [1.54, 1.807) is 65.2 Å². The Morgan fingerprint density at radius 1 is 0.828 bits per heavy atom. The number of fused-ring (bicyclic) bond motifs is 1. The van der Waals surface area contributed by atoms with Gasteiger partial charge in [-0.25, -0.2) is 4.98 Å². The second-order valence-corrected chi connectivity index (χ2v) is 6.20. The number of anilines is 2. The summed E-state index contributed by atoms with van der Waals surface area (Å²) >= 11 is 0. The van der Waals surface area contributed by atoms with E-state index in [4.69, 9.17) is 5.26 Å². The van der Waals surface area contributed by atoms with E-state index in [0.717, 1.165) is 0 Å². The normalized spacial score (nSPS) is 10.3. The quantitative estimate of drug-likeness (QED) is 0.563. The summed E-state index contributed by atoms with van der Waals surface area (Å²) in [6, 6.07) is 22.8. The highest BCUT2D eigenvalue weighted by atomic mass is 16.2. The van der Waals surface area contributed by atoms with Crippen molar-refractivity contribution in [3.05, 3.63) is 96.1 Å². The molecule has 2 aromatic heterocycles. The minimum atomic E-state index is -0.463. The van der Waals surface area contributed by atoms with Crippen molar-refractivity contribution < 1.29 is 9.59 Å². The zero-order valence-corrected chi connectivity index (χ0v) is 15.2. The molecule has 4 rings (SSSR count). The number of hydrogen-bond donors (Lipinski definition) is 2. The predicted molar refractivity (Wildman–Crippen MR) is 109 cm³/mol. The molecule has 0 spiro atoms. The van der Waals surface area contributed by atoms with Crippen LogP contribution in [0.4, 0.5) is 11.4 Å². The molecular formula is C22H15N5O2. The number of hydrogen-bond acceptors (Lipinski definition) is 4. The van der Waals surface area contributed by atoms with Gasteiger partial charge >= 0.3 is 0 Å². The second kappa shape index (κ2) is 7.66. The molecule has 4 aromatic rings. The molecule has 2 amide bonds. The van der Waals surface area contributed by atoms with Gasteiger partial charge in [-0.3, -0.25) is 14.0 Å². The van der Waals surface area contributed by atoms with Crippen LogP contribution in [0.25, 0.3) is 5.52 Å². The van der Waals surface area contributed by atoms with E-state index in [-0.39, 0.29) is 11.5 Å². The van der Waals surface area contributed by atoms with Crippen LogP contribution in [0, 0.1) is 11.3 Å². The van der Waals surface area contributed by atoms with Crippen LogP contribution in [-0.4, -0.2) is 21.2 Å². The molecule has 29 heavy (non-hydrogen) atoms. The van der Waals surface area contributed by atoms with E-state index < -0.39 is 11.8 Å². The number of aromatic nitrogens is 2. The van der Waals surface area contributed by atoms with Crippen molar-refractivity contribution in [3.63, 3.8) is 0 Å². The van der Waals surface area contributed by atoms with Gasteiger partial charge in [0, 0.05) is 17.6 Å². The number of nitrogens with zero attached hydrogens (tertiary/aromatic N) is 3. The van der Waals surface area contributed by atoms with Crippen molar-refractivity contribution >= 4 is 28.7 Å². The molecule has 0 saturated heterocycles. The first-order chi connectivity index (χ1) is 14.2. The number of benzene rings is 2. The van der Waals surface area contributed by atoms with Crippen LogP contribution in [-0.2, 0) is 0 Å². The molecular weight excluding hydrogens is 366 g/mol. The molecule has 2 heterocycles. The van der Waals surface area contributed by atoms with Crippen LogP contribution in [0.2, 0.25) is 0 Å². The van der Waals surface area contributed by atoms with Crippen LogP contribution in [0.3, 0.4) is 0 Å². The molecule has 2 aromatic carbocycles. The van der Waals surface area contributed by atoms with Gasteiger partial charge in [0.15, 0.2) is 5.69 Å². The predicted octanol–water partition coefficient (Wildman–Crippen LogP) is 3.71. The summed E-state index contributed by atoms with van der Waals surface area (Å²) < 4.78 is 1.57. The molecule has 0 aliphatic rings. The highest BCUT2D eigenvalue weighted by Gasteiger charge is 2.21. The number of amides is 2. The van der Waals surface area contributed by atoms with E-state index in [1.807, 2.05) is 24.3 Å². The Morgan fingerprint density at radius 2 is 1.48 bits per heavy atom. The zero-order chi connectivity index (χ0) is 20.2. The SMILES string of the molecule is N#Cc1ccc(NC(=O)c2nc(C(=O)Nc3ccccc3)c3ccccn23)cc1. The van der Waals surface area contributed by atoms with Crippen LogP contribution < -0.4 is 10.6 Å². The fourth-order valence-electron chi connectivity index (χ4n) is 2.89. The van der Waals surface area contributed by atoms with Crippen molar-refractivity contribution in [2.75, 3.05) is 10.6 Å². The highest BCUT2D eigenvalue weighted by molar-refractivity contribution is 6.10. The van der Waals surface area contributed by atoms with E-state index in [2.05, 4.69) is 15.6 Å². The maximum atomic E-state index is 12.8. The number of rotatable bonds is 4. The largest absolute Gasteiger partial charge is 0.321 e. The Balaban J connectivity index is 1.65. The number of carbonyl (C=O) groups excluding carboxylic acids is 2. The first-order valence-corrected chi connectivity index (χ1v) is 8.81. The Hall–Kier alpha value is -4.44. The number of nitrogens with one attached hydrogen (secondary N) is 2. The Bertz CT molecular complexity index is 1240. The van der Waals surface area contributed by atoms with Gasteiger partial charge in [-0.2, -0.15) is 5.26 Å². The molecule has 0 fully saturated rings. The maximum absolute atomic E-state index is 12.8. The minimum Gasteiger partial charge on any atom is -0.321 e. The second-order valence-electron chi connectivity index (χ2n) is 6.20. The Kier molecular flexibility index (Phi) is 4.74. The van der Waals surface area contributed by atoms with Gasteiger partial charge in [0.05, 0.1) is 17.1 Å². The standard InChI is InChI=1S/C22H15N5O2/c23-14-15-9-11-17(12-10-15)25-22(29)20-26-19(18-8-4-5-13-27(18)20)21(28)24-16-6-2-1-3-7-16/h1-13H,(H,24,28)(H,25,29). The fraction of sp³-hybridized carbons (Fsp3) is 0. The van der Waals surface area contributed by atoms with Gasteiger partial charge in [0.25, 0.3) is 11.8 Å². The van der Waals surface area contributed by atoms with Gasteiger partial charge in [-0.15, -0.1) is 0 Å². The molecule has 0 atom stereocenters. The monoisotopic (exact) mass is 381 g/mol. The van der Waals surface area contributed by atoms with Crippen LogP contribution >= 0.6 is 0 Å². The summed E-state index contributed by atoms with van der Waals surface area (Å²) in [5.74, 6) is -0.782. The van der Waals surface area contributed by atoms with Crippen molar-refractivity contribution in [1.82, 2.24) is 9.38 Å². The summed E-state index contributed by atoms with van der Waals surface area (Å²) in [4.78, 5) is 29.8.